The molecule has 0 aliphatic rings. The lowest BCUT2D eigenvalue weighted by molar-refractivity contribution is -0.145. The summed E-state index contributed by atoms with van der Waals surface area (Å²) in [5.74, 6) is -7.71. The number of carboxylic acids is 1. The maximum atomic E-state index is 13.4. The van der Waals surface area contributed by atoms with Crippen molar-refractivity contribution in [1.82, 2.24) is 31.9 Å². The molecule has 0 saturated heterocycles. The van der Waals surface area contributed by atoms with Crippen LogP contribution in [0.1, 0.15) is 73.6 Å². The fourth-order valence-electron chi connectivity index (χ4n) is 4.42. The topological polar surface area (TPSA) is 347 Å². The van der Waals surface area contributed by atoms with Gasteiger partial charge in [-0.25, -0.2) is 4.79 Å². The van der Waals surface area contributed by atoms with Gasteiger partial charge >= 0.3 is 5.97 Å². The predicted molar refractivity (Wildman–Crippen MR) is 178 cm³/mol. The van der Waals surface area contributed by atoms with Crippen LogP contribution < -0.4 is 49.1 Å². The Hall–Kier alpha value is -4.40. The molecule has 0 rings (SSSR count). The van der Waals surface area contributed by atoms with Crippen LogP contribution in [0.15, 0.2) is 0 Å². The largest absolute Gasteiger partial charge is 0.480 e. The summed E-state index contributed by atoms with van der Waals surface area (Å²) in [6.07, 6.45) is -2.42. The summed E-state index contributed by atoms with van der Waals surface area (Å²) in [5.41, 5.74) is 16.2. The van der Waals surface area contributed by atoms with Gasteiger partial charge in [-0.1, -0.05) is 13.8 Å². The number of carbonyl (C=O) groups is 8. The number of primary amides is 1. The zero-order chi connectivity index (χ0) is 38.9. The smallest absolute Gasteiger partial charge is 0.328 e. The van der Waals surface area contributed by atoms with E-state index in [-0.39, 0.29) is 25.3 Å². The molecule has 9 atom stereocenters. The van der Waals surface area contributed by atoms with Gasteiger partial charge in [0.2, 0.25) is 41.4 Å². The number of unbranched alkanes of at least 4 members (excludes halogenated alkanes) is 1. The molecule has 0 radical (unpaired) electrons. The lowest BCUT2D eigenvalue weighted by atomic mass is 10.0. The number of hydrogen-bond acceptors (Lipinski definition) is 12. The second-order valence-corrected chi connectivity index (χ2v) is 12.6. The Balaban J connectivity index is 5.85. The fourth-order valence-corrected chi connectivity index (χ4v) is 4.42. The van der Waals surface area contributed by atoms with Gasteiger partial charge in [0.15, 0.2) is 6.04 Å². The van der Waals surface area contributed by atoms with E-state index >= 15 is 0 Å². The van der Waals surface area contributed by atoms with Gasteiger partial charge in [-0.3, -0.25) is 33.6 Å². The predicted octanol–water partition coefficient (Wildman–Crippen LogP) is -4.84. The Morgan fingerprint density at radius 2 is 1.06 bits per heavy atom. The second-order valence-electron chi connectivity index (χ2n) is 12.6. The number of rotatable bonds is 23. The van der Waals surface area contributed by atoms with Gasteiger partial charge < -0.3 is 64.4 Å². The maximum absolute atomic E-state index is 13.4. The summed E-state index contributed by atoms with van der Waals surface area (Å²) in [6.45, 7) is 8.74. The number of aliphatic hydroxyl groups is 2. The quantitative estimate of drug-likeness (QED) is 0.0442. The molecule has 0 aromatic carbocycles. The first-order chi connectivity index (χ1) is 23.1. The lowest BCUT2D eigenvalue weighted by Crippen LogP contribution is -2.61. The summed E-state index contributed by atoms with van der Waals surface area (Å²) < 4.78 is 0. The number of nitrogens with two attached hydrogens (primary N) is 3. The third-order valence-corrected chi connectivity index (χ3v) is 7.29. The van der Waals surface area contributed by atoms with Crippen LogP contribution in [0.2, 0.25) is 0 Å². The molecule has 0 heterocycles. The molecule has 0 aliphatic heterocycles. The molecule has 0 bridgehead atoms. The van der Waals surface area contributed by atoms with Crippen LogP contribution in [0.25, 0.3) is 0 Å². The van der Waals surface area contributed by atoms with Crippen LogP contribution in [0, 0.1) is 5.92 Å². The van der Waals surface area contributed by atoms with E-state index in [2.05, 4.69) is 31.9 Å². The Bertz CT molecular complexity index is 1200. The van der Waals surface area contributed by atoms with Crippen LogP contribution in [-0.4, -0.2) is 124 Å². The number of hydrogen-bond donors (Lipinski definition) is 12. The molecule has 0 fully saturated rings. The minimum atomic E-state index is -1.64. The van der Waals surface area contributed by atoms with E-state index in [9.17, 15) is 53.7 Å². The number of aliphatic carboxylic acids is 1. The Labute approximate surface area is 290 Å². The van der Waals surface area contributed by atoms with Crippen molar-refractivity contribution in [1.29, 1.82) is 0 Å². The summed E-state index contributed by atoms with van der Waals surface area (Å²) >= 11 is 0. The Morgan fingerprint density at radius 3 is 1.52 bits per heavy atom. The number of aliphatic hydroxyl groups excluding tert-OH is 2. The molecule has 0 unspecified atom stereocenters. The van der Waals surface area contributed by atoms with Crippen molar-refractivity contribution in [2.75, 3.05) is 6.54 Å². The van der Waals surface area contributed by atoms with Gasteiger partial charge in [-0.05, 0) is 65.8 Å². The second kappa shape index (κ2) is 22.3. The van der Waals surface area contributed by atoms with E-state index in [1.165, 1.54) is 20.8 Å². The zero-order valence-corrected chi connectivity index (χ0v) is 29.4. The van der Waals surface area contributed by atoms with Crippen molar-refractivity contribution in [2.24, 2.45) is 23.1 Å². The molecule has 0 aromatic rings. The van der Waals surface area contributed by atoms with Gasteiger partial charge in [0.25, 0.3) is 0 Å². The van der Waals surface area contributed by atoms with E-state index in [4.69, 9.17) is 17.2 Å². The molecular weight excluding hydrogens is 662 g/mol. The van der Waals surface area contributed by atoms with Crippen LogP contribution in [0.4, 0.5) is 0 Å². The van der Waals surface area contributed by atoms with E-state index in [0.29, 0.717) is 12.8 Å². The normalized spacial score (nSPS) is 16.5. The molecule has 20 heteroatoms. The molecular formula is C30H55N9O11. The fraction of sp³-hybridized carbons (Fsp3) is 0.733. The first kappa shape index (κ1) is 45.6. The lowest BCUT2D eigenvalue weighted by Gasteiger charge is -2.28. The summed E-state index contributed by atoms with van der Waals surface area (Å²) in [5, 5.41) is 43.4. The first-order valence-electron chi connectivity index (χ1n) is 16.3. The number of nitrogens with one attached hydrogen (secondary N) is 6. The SMILES string of the molecule is CC(C)C[C@H](NC(=O)[C@@H](NC(=O)[C@H](CCCCN)NC(=O)[C@H](C)NC(=O)[C@@H](N)CC(N)=O)[C@@H](C)O)C(=O)N[C@@H](C)C(=O)N[C@H](C(=O)O)[C@@H](C)O. The summed E-state index contributed by atoms with van der Waals surface area (Å²) in [6, 6.07) is -9.58. The van der Waals surface area contributed by atoms with Gasteiger partial charge in [-0.2, -0.15) is 0 Å². The highest BCUT2D eigenvalue weighted by atomic mass is 16.4. The van der Waals surface area contributed by atoms with Crippen molar-refractivity contribution in [2.45, 2.75) is 128 Å². The van der Waals surface area contributed by atoms with E-state index in [1.54, 1.807) is 13.8 Å². The van der Waals surface area contributed by atoms with Crippen molar-refractivity contribution < 1.29 is 53.7 Å². The minimum Gasteiger partial charge on any atom is -0.480 e. The number of carbonyl (C=O) groups excluding carboxylic acids is 7. The Kier molecular flexibility index (Phi) is 20.4. The molecule has 7 amide bonds. The van der Waals surface area contributed by atoms with E-state index < -0.39 is 108 Å². The zero-order valence-electron chi connectivity index (χ0n) is 29.4. The molecule has 0 aromatic heterocycles. The number of carboxylic acid groups (broad SMARTS) is 1. The van der Waals surface area contributed by atoms with Crippen molar-refractivity contribution in [3.05, 3.63) is 0 Å². The van der Waals surface area contributed by atoms with Crippen molar-refractivity contribution in [3.8, 4) is 0 Å². The standard InChI is InChI=1S/C30H55N9O11/c1-13(2)11-20(28(47)35-15(4)25(44)39-23(17(6)41)30(49)50)37-29(48)22(16(5)40)38-27(46)19(9-7-8-10-31)36-24(43)14(3)34-26(45)18(32)12-21(33)42/h13-20,22-23,40-41H,7-12,31-32H2,1-6H3,(H2,33,42)(H,34,45)(H,35,47)(H,36,43)(H,37,48)(H,38,46)(H,39,44)(H,49,50)/t14-,15-,16+,17+,18-,19-,20-,22-,23-/m0/s1. The number of amides is 7. The van der Waals surface area contributed by atoms with Crippen molar-refractivity contribution in [3.63, 3.8) is 0 Å². The van der Waals surface area contributed by atoms with Gasteiger partial charge in [0.05, 0.1) is 24.7 Å². The van der Waals surface area contributed by atoms with Crippen molar-refractivity contribution >= 4 is 47.3 Å². The molecule has 20 nitrogen and oxygen atoms in total. The third-order valence-electron chi connectivity index (χ3n) is 7.29. The van der Waals surface area contributed by atoms with Crippen LogP contribution in [-0.2, 0) is 38.4 Å². The monoisotopic (exact) mass is 717 g/mol. The highest BCUT2D eigenvalue weighted by molar-refractivity contribution is 5.97. The van der Waals surface area contributed by atoms with Crippen LogP contribution in [0.3, 0.4) is 0 Å². The maximum Gasteiger partial charge on any atom is 0.328 e. The average Bonchev–Trinajstić information content (AvgIpc) is 2.99. The van der Waals surface area contributed by atoms with Gasteiger partial charge in [0.1, 0.15) is 30.2 Å². The van der Waals surface area contributed by atoms with Crippen LogP contribution in [0.5, 0.6) is 0 Å². The highest BCUT2D eigenvalue weighted by Gasteiger charge is 2.34. The molecule has 0 aliphatic carbocycles. The summed E-state index contributed by atoms with van der Waals surface area (Å²) in [4.78, 5) is 100.0. The highest BCUT2D eigenvalue weighted by Crippen LogP contribution is 2.09. The molecule has 286 valence electrons. The molecule has 0 saturated carbocycles. The first-order valence-corrected chi connectivity index (χ1v) is 16.3. The van der Waals surface area contributed by atoms with Gasteiger partial charge in [0, 0.05) is 0 Å². The molecule has 50 heavy (non-hydrogen) atoms. The van der Waals surface area contributed by atoms with Gasteiger partial charge in [-0.15, -0.1) is 0 Å². The van der Waals surface area contributed by atoms with Crippen LogP contribution >= 0.6 is 0 Å². The Morgan fingerprint density at radius 1 is 0.600 bits per heavy atom. The minimum absolute atomic E-state index is 0.0565. The summed E-state index contributed by atoms with van der Waals surface area (Å²) in [7, 11) is 0. The van der Waals surface area contributed by atoms with E-state index in [1.807, 2.05) is 0 Å². The third kappa shape index (κ3) is 16.8. The molecule has 0 spiro atoms. The molecule has 15 N–H and O–H groups in total. The van der Waals surface area contributed by atoms with E-state index in [0.717, 1.165) is 6.92 Å². The average molecular weight is 718 g/mol.